The maximum Gasteiger partial charge on any atom is -0.0257 e. The summed E-state index contributed by atoms with van der Waals surface area (Å²) in [7, 11) is 0. The molecule has 0 atom stereocenters. The fourth-order valence-electron chi connectivity index (χ4n) is 2.13. The molecule has 0 saturated carbocycles. The molecule has 0 N–H and O–H groups in total. The molecule has 0 radical (unpaired) electrons. The van der Waals surface area contributed by atoms with Crippen LogP contribution in [0.1, 0.15) is 50.7 Å². The van der Waals surface area contributed by atoms with Gasteiger partial charge >= 0.3 is 0 Å². The molecule has 0 amide bonds. The molecule has 0 unspecified atom stereocenters. The molecule has 0 aliphatic rings. The van der Waals surface area contributed by atoms with Gasteiger partial charge in [-0.15, -0.1) is 0 Å². The van der Waals surface area contributed by atoms with Crippen LogP contribution in [-0.2, 0) is 0 Å². The summed E-state index contributed by atoms with van der Waals surface area (Å²) < 4.78 is 0. The summed E-state index contributed by atoms with van der Waals surface area (Å²) in [6.45, 7) is 8.12. The molecular formula is C22H28. The zero-order chi connectivity index (χ0) is 16.0. The summed E-state index contributed by atoms with van der Waals surface area (Å²) in [5.41, 5.74) is 4.08. The molecule has 0 aliphatic heterocycles. The molecule has 0 aromatic heterocycles. The Morgan fingerprint density at radius 1 is 0.864 bits per heavy atom. The Morgan fingerprint density at radius 3 is 1.82 bits per heavy atom. The van der Waals surface area contributed by atoms with E-state index in [2.05, 4.69) is 56.8 Å². The van der Waals surface area contributed by atoms with E-state index in [4.69, 9.17) is 0 Å². The first-order valence-electron chi connectivity index (χ1n) is 8.22. The predicted molar refractivity (Wildman–Crippen MR) is 101 cm³/mol. The monoisotopic (exact) mass is 292 g/mol. The molecule has 0 saturated heterocycles. The van der Waals surface area contributed by atoms with Crippen molar-refractivity contribution in [1.82, 2.24) is 0 Å². The molecule has 2 rings (SSSR count). The van der Waals surface area contributed by atoms with Crippen molar-refractivity contribution in [2.45, 2.75) is 39.5 Å². The van der Waals surface area contributed by atoms with E-state index in [9.17, 15) is 0 Å². The standard InChI is InChI=1S/C14H20.C8H8/c1-3-5-9-13(4-2)12-14-10-7-6-8-11-14;1-2-8-6-4-3-5-7-8/h6-8,10-12H,3-5,9H2,1-2H3;2-7H,1H2. The lowest BCUT2D eigenvalue weighted by Crippen LogP contribution is -1.82. The Morgan fingerprint density at radius 2 is 1.41 bits per heavy atom. The third-order valence-electron chi connectivity index (χ3n) is 3.51. The van der Waals surface area contributed by atoms with E-state index in [1.807, 2.05) is 36.4 Å². The van der Waals surface area contributed by atoms with Crippen molar-refractivity contribution in [3.05, 3.63) is 83.9 Å². The van der Waals surface area contributed by atoms with Gasteiger partial charge in [-0.05, 0) is 30.4 Å². The second-order valence-corrected chi connectivity index (χ2v) is 5.29. The second-order valence-electron chi connectivity index (χ2n) is 5.29. The predicted octanol–water partition coefficient (Wildman–Crippen LogP) is 7.00. The Balaban J connectivity index is 0.000000255. The molecule has 0 fully saturated rings. The van der Waals surface area contributed by atoms with Crippen LogP contribution in [0.4, 0.5) is 0 Å². The first kappa shape index (κ1) is 18.0. The van der Waals surface area contributed by atoms with E-state index in [1.165, 1.54) is 36.8 Å². The van der Waals surface area contributed by atoms with Gasteiger partial charge < -0.3 is 0 Å². The maximum atomic E-state index is 3.63. The molecule has 0 aliphatic carbocycles. The van der Waals surface area contributed by atoms with Crippen molar-refractivity contribution in [1.29, 1.82) is 0 Å². The van der Waals surface area contributed by atoms with Gasteiger partial charge in [0, 0.05) is 0 Å². The van der Waals surface area contributed by atoms with Crippen molar-refractivity contribution in [3.63, 3.8) is 0 Å². The summed E-state index contributed by atoms with van der Waals surface area (Å²) in [5, 5.41) is 0. The number of allylic oxidation sites excluding steroid dienone is 1. The van der Waals surface area contributed by atoms with Crippen LogP contribution >= 0.6 is 0 Å². The van der Waals surface area contributed by atoms with Gasteiger partial charge in [-0.2, -0.15) is 0 Å². The van der Waals surface area contributed by atoms with Gasteiger partial charge in [0.2, 0.25) is 0 Å². The van der Waals surface area contributed by atoms with E-state index in [0.29, 0.717) is 0 Å². The zero-order valence-corrected chi connectivity index (χ0v) is 14.0. The van der Waals surface area contributed by atoms with Crippen molar-refractivity contribution < 1.29 is 0 Å². The smallest absolute Gasteiger partial charge is 0.0257 e. The molecule has 0 nitrogen and oxygen atoms in total. The van der Waals surface area contributed by atoms with Crippen molar-refractivity contribution in [3.8, 4) is 0 Å². The minimum atomic E-state index is 1.17. The molecular weight excluding hydrogens is 264 g/mol. The fourth-order valence-corrected chi connectivity index (χ4v) is 2.13. The zero-order valence-electron chi connectivity index (χ0n) is 14.0. The lowest BCUT2D eigenvalue weighted by Gasteiger charge is -2.03. The fraction of sp³-hybridized carbons (Fsp3) is 0.273. The van der Waals surface area contributed by atoms with Crippen LogP contribution in [0.15, 0.2) is 72.8 Å². The summed E-state index contributed by atoms with van der Waals surface area (Å²) in [6.07, 6.45) is 9.19. The Labute approximate surface area is 136 Å². The first-order chi connectivity index (χ1) is 10.8. The summed E-state index contributed by atoms with van der Waals surface area (Å²) in [4.78, 5) is 0. The van der Waals surface area contributed by atoms with Crippen LogP contribution < -0.4 is 0 Å². The quantitative estimate of drug-likeness (QED) is 0.537. The first-order valence-corrected chi connectivity index (χ1v) is 8.22. The van der Waals surface area contributed by atoms with Gasteiger partial charge in [0.05, 0.1) is 0 Å². The van der Waals surface area contributed by atoms with Gasteiger partial charge in [-0.1, -0.05) is 105 Å². The van der Waals surface area contributed by atoms with Crippen LogP contribution in [0.2, 0.25) is 0 Å². The van der Waals surface area contributed by atoms with Crippen LogP contribution in [0.25, 0.3) is 12.2 Å². The third-order valence-corrected chi connectivity index (χ3v) is 3.51. The molecule has 0 heterocycles. The number of rotatable bonds is 6. The Hall–Kier alpha value is -2.08. The molecule has 2 aromatic carbocycles. The van der Waals surface area contributed by atoms with Crippen molar-refractivity contribution in [2.75, 3.05) is 0 Å². The van der Waals surface area contributed by atoms with Crippen LogP contribution in [0.3, 0.4) is 0 Å². The lowest BCUT2D eigenvalue weighted by atomic mass is 10.0. The second kappa shape index (κ2) is 11.6. The average Bonchev–Trinajstić information content (AvgIpc) is 2.60. The topological polar surface area (TPSA) is 0 Å². The Kier molecular flexibility index (Phi) is 9.45. The normalized spacial score (nSPS) is 10.5. The number of unbranched alkanes of at least 4 members (excludes halogenated alkanes) is 1. The number of hydrogen-bond donors (Lipinski definition) is 0. The average molecular weight is 292 g/mol. The minimum absolute atomic E-state index is 1.17. The molecule has 22 heavy (non-hydrogen) atoms. The van der Waals surface area contributed by atoms with Crippen molar-refractivity contribution >= 4 is 12.2 Å². The molecule has 2 aromatic rings. The SMILES string of the molecule is C=Cc1ccccc1.CCCCC(=Cc1ccccc1)CC. The van der Waals surface area contributed by atoms with E-state index < -0.39 is 0 Å². The summed E-state index contributed by atoms with van der Waals surface area (Å²) in [5.74, 6) is 0. The van der Waals surface area contributed by atoms with Crippen LogP contribution in [-0.4, -0.2) is 0 Å². The molecule has 116 valence electrons. The highest BCUT2D eigenvalue weighted by atomic mass is 14.0. The highest BCUT2D eigenvalue weighted by Crippen LogP contribution is 2.15. The lowest BCUT2D eigenvalue weighted by molar-refractivity contribution is 0.770. The van der Waals surface area contributed by atoms with E-state index >= 15 is 0 Å². The molecule has 0 spiro atoms. The number of benzene rings is 2. The third kappa shape index (κ3) is 7.64. The maximum absolute atomic E-state index is 3.63. The minimum Gasteiger partial charge on any atom is -0.0985 e. The molecule has 0 heteroatoms. The van der Waals surface area contributed by atoms with E-state index in [1.54, 1.807) is 5.57 Å². The summed E-state index contributed by atoms with van der Waals surface area (Å²) >= 11 is 0. The largest absolute Gasteiger partial charge is 0.0985 e. The van der Waals surface area contributed by atoms with Gasteiger partial charge in [0.15, 0.2) is 0 Å². The van der Waals surface area contributed by atoms with Gasteiger partial charge in [-0.3, -0.25) is 0 Å². The highest BCUT2D eigenvalue weighted by Gasteiger charge is 1.94. The van der Waals surface area contributed by atoms with Crippen LogP contribution in [0.5, 0.6) is 0 Å². The van der Waals surface area contributed by atoms with Gasteiger partial charge in [-0.25, -0.2) is 0 Å². The highest BCUT2D eigenvalue weighted by molar-refractivity contribution is 5.52. The van der Waals surface area contributed by atoms with Gasteiger partial charge in [0.1, 0.15) is 0 Å². The van der Waals surface area contributed by atoms with E-state index in [-0.39, 0.29) is 0 Å². The van der Waals surface area contributed by atoms with E-state index in [0.717, 1.165) is 0 Å². The van der Waals surface area contributed by atoms with Crippen LogP contribution in [0, 0.1) is 0 Å². The number of hydrogen-bond acceptors (Lipinski definition) is 0. The Bertz CT molecular complexity index is 535. The van der Waals surface area contributed by atoms with Crippen molar-refractivity contribution in [2.24, 2.45) is 0 Å². The van der Waals surface area contributed by atoms with Gasteiger partial charge in [0.25, 0.3) is 0 Å². The molecule has 0 bridgehead atoms. The summed E-state index contributed by atoms with van der Waals surface area (Å²) in [6, 6.07) is 20.6.